The number of hydrogen-bond acceptors (Lipinski definition) is 4. The van der Waals surface area contributed by atoms with Crippen molar-refractivity contribution in [3.63, 3.8) is 0 Å². The van der Waals surface area contributed by atoms with Crippen LogP contribution in [0.1, 0.15) is 18.4 Å². The smallest absolute Gasteiger partial charge is 0.165 e. The van der Waals surface area contributed by atoms with Crippen LogP contribution in [-0.2, 0) is 6.54 Å². The van der Waals surface area contributed by atoms with Gasteiger partial charge in [0.2, 0.25) is 0 Å². The van der Waals surface area contributed by atoms with Gasteiger partial charge in [-0.15, -0.1) is 0 Å². The molecule has 1 aromatic carbocycles. The lowest BCUT2D eigenvalue weighted by Gasteiger charge is -2.24. The summed E-state index contributed by atoms with van der Waals surface area (Å²) in [5.74, 6) is 1.63. The molecule has 1 aliphatic rings. The van der Waals surface area contributed by atoms with Crippen LogP contribution in [0.5, 0.6) is 11.5 Å². The maximum Gasteiger partial charge on any atom is 0.165 e. The zero-order chi connectivity index (χ0) is 13.0. The molecule has 2 N–H and O–H groups in total. The molecule has 0 spiro atoms. The molecule has 1 saturated heterocycles. The van der Waals surface area contributed by atoms with Crippen molar-refractivity contribution < 1.29 is 9.47 Å². The molecule has 100 valence electrons. The fourth-order valence-corrected chi connectivity index (χ4v) is 2.67. The van der Waals surface area contributed by atoms with Gasteiger partial charge in [0.15, 0.2) is 11.5 Å². The van der Waals surface area contributed by atoms with Crippen LogP contribution in [0.25, 0.3) is 0 Å². The van der Waals surface area contributed by atoms with Crippen LogP contribution in [0.2, 0.25) is 0 Å². The van der Waals surface area contributed by atoms with Crippen molar-refractivity contribution in [2.45, 2.75) is 25.4 Å². The molecule has 0 radical (unpaired) electrons. The van der Waals surface area contributed by atoms with Crippen LogP contribution in [0.15, 0.2) is 18.2 Å². The number of hydrogen-bond donors (Lipinski definition) is 1. The van der Waals surface area contributed by atoms with E-state index in [0.29, 0.717) is 6.04 Å². The molecule has 1 aliphatic heterocycles. The van der Waals surface area contributed by atoms with Crippen LogP contribution < -0.4 is 15.2 Å². The Bertz CT molecular complexity index is 395. The number of rotatable bonds is 5. The average molecular weight is 250 g/mol. The lowest BCUT2D eigenvalue weighted by atomic mass is 10.1. The van der Waals surface area contributed by atoms with E-state index in [0.717, 1.165) is 36.7 Å². The van der Waals surface area contributed by atoms with Crippen molar-refractivity contribution in [1.82, 2.24) is 4.90 Å². The van der Waals surface area contributed by atoms with E-state index >= 15 is 0 Å². The monoisotopic (exact) mass is 250 g/mol. The van der Waals surface area contributed by atoms with Gasteiger partial charge in [-0.25, -0.2) is 0 Å². The van der Waals surface area contributed by atoms with Crippen molar-refractivity contribution >= 4 is 0 Å². The number of methoxy groups -OCH3 is 2. The summed E-state index contributed by atoms with van der Waals surface area (Å²) in [6, 6.07) is 6.52. The van der Waals surface area contributed by atoms with Gasteiger partial charge in [0.25, 0.3) is 0 Å². The Hall–Kier alpha value is -1.26. The number of nitrogens with two attached hydrogens (primary N) is 1. The highest BCUT2D eigenvalue weighted by Crippen LogP contribution is 2.32. The second-order valence-electron chi connectivity index (χ2n) is 4.65. The number of para-hydroxylation sites is 1. The summed E-state index contributed by atoms with van der Waals surface area (Å²) >= 11 is 0. The largest absolute Gasteiger partial charge is 0.493 e. The Morgan fingerprint density at radius 2 is 2.17 bits per heavy atom. The third-order valence-corrected chi connectivity index (χ3v) is 3.63. The first-order valence-corrected chi connectivity index (χ1v) is 6.44. The van der Waals surface area contributed by atoms with Gasteiger partial charge in [-0.3, -0.25) is 4.90 Å². The molecule has 1 aromatic rings. The molecule has 4 heteroatoms. The number of ether oxygens (including phenoxy) is 2. The Balaban J connectivity index is 2.18. The van der Waals surface area contributed by atoms with Gasteiger partial charge in [0.05, 0.1) is 14.2 Å². The molecular weight excluding hydrogens is 228 g/mol. The van der Waals surface area contributed by atoms with E-state index in [2.05, 4.69) is 11.0 Å². The van der Waals surface area contributed by atoms with E-state index in [-0.39, 0.29) is 0 Å². The van der Waals surface area contributed by atoms with Crippen LogP contribution in [-0.4, -0.2) is 38.3 Å². The molecule has 0 amide bonds. The zero-order valence-electron chi connectivity index (χ0n) is 11.2. The fraction of sp³-hybridized carbons (Fsp3) is 0.571. The maximum atomic E-state index is 5.81. The van der Waals surface area contributed by atoms with Gasteiger partial charge >= 0.3 is 0 Å². The number of likely N-dealkylation sites (tertiary alicyclic amines) is 1. The Morgan fingerprint density at radius 3 is 2.83 bits per heavy atom. The minimum absolute atomic E-state index is 0.501. The summed E-state index contributed by atoms with van der Waals surface area (Å²) in [7, 11) is 3.35. The lowest BCUT2D eigenvalue weighted by molar-refractivity contribution is 0.245. The summed E-state index contributed by atoms with van der Waals surface area (Å²) in [4.78, 5) is 2.43. The molecular formula is C14H22N2O2. The van der Waals surface area contributed by atoms with Gasteiger partial charge in [0, 0.05) is 24.7 Å². The van der Waals surface area contributed by atoms with Gasteiger partial charge in [-0.1, -0.05) is 12.1 Å². The average Bonchev–Trinajstić information content (AvgIpc) is 2.85. The van der Waals surface area contributed by atoms with Crippen LogP contribution >= 0.6 is 0 Å². The minimum atomic E-state index is 0.501. The van der Waals surface area contributed by atoms with E-state index in [1.54, 1.807) is 14.2 Å². The standard InChI is InChI=1S/C14H22N2O2/c1-17-13-7-3-5-11(14(13)18-2)10-16-8-4-6-12(16)9-15/h3,5,7,12H,4,6,8-10,15H2,1-2H3. The van der Waals surface area contributed by atoms with E-state index in [1.165, 1.54) is 12.8 Å². The highest BCUT2D eigenvalue weighted by molar-refractivity contribution is 5.46. The van der Waals surface area contributed by atoms with Crippen LogP contribution in [0, 0.1) is 0 Å². The quantitative estimate of drug-likeness (QED) is 0.863. The van der Waals surface area contributed by atoms with E-state index < -0.39 is 0 Å². The molecule has 1 unspecified atom stereocenters. The normalized spacial score (nSPS) is 20.1. The third-order valence-electron chi connectivity index (χ3n) is 3.63. The van der Waals surface area contributed by atoms with E-state index in [1.807, 2.05) is 12.1 Å². The first kappa shape index (κ1) is 13.2. The van der Waals surface area contributed by atoms with Crippen molar-refractivity contribution in [2.75, 3.05) is 27.3 Å². The molecule has 1 atom stereocenters. The Kier molecular flexibility index (Phi) is 4.44. The molecule has 1 heterocycles. The van der Waals surface area contributed by atoms with Crippen LogP contribution in [0.3, 0.4) is 0 Å². The summed E-state index contributed by atoms with van der Waals surface area (Å²) in [5, 5.41) is 0. The molecule has 0 aliphatic carbocycles. The highest BCUT2D eigenvalue weighted by atomic mass is 16.5. The summed E-state index contributed by atoms with van der Waals surface area (Å²) in [6.07, 6.45) is 2.43. The molecule has 2 rings (SSSR count). The number of nitrogens with zero attached hydrogens (tertiary/aromatic N) is 1. The minimum Gasteiger partial charge on any atom is -0.493 e. The molecule has 0 saturated carbocycles. The van der Waals surface area contributed by atoms with Gasteiger partial charge < -0.3 is 15.2 Å². The topological polar surface area (TPSA) is 47.7 Å². The van der Waals surface area contributed by atoms with Crippen molar-refractivity contribution in [2.24, 2.45) is 5.73 Å². The fourth-order valence-electron chi connectivity index (χ4n) is 2.67. The molecule has 0 bridgehead atoms. The third kappa shape index (κ3) is 2.60. The van der Waals surface area contributed by atoms with E-state index in [4.69, 9.17) is 15.2 Å². The summed E-state index contributed by atoms with van der Waals surface area (Å²) in [5.41, 5.74) is 6.97. The summed E-state index contributed by atoms with van der Waals surface area (Å²) in [6.45, 7) is 2.72. The SMILES string of the molecule is COc1cccc(CN2CCCC2CN)c1OC. The highest BCUT2D eigenvalue weighted by Gasteiger charge is 2.24. The van der Waals surface area contributed by atoms with Crippen molar-refractivity contribution in [1.29, 1.82) is 0 Å². The lowest BCUT2D eigenvalue weighted by Crippen LogP contribution is -2.34. The molecule has 1 fully saturated rings. The van der Waals surface area contributed by atoms with Crippen molar-refractivity contribution in [3.8, 4) is 11.5 Å². The number of benzene rings is 1. The predicted molar refractivity (Wildman–Crippen MR) is 72.0 cm³/mol. The Morgan fingerprint density at radius 1 is 1.33 bits per heavy atom. The van der Waals surface area contributed by atoms with Gasteiger partial charge in [-0.05, 0) is 25.5 Å². The van der Waals surface area contributed by atoms with Crippen molar-refractivity contribution in [3.05, 3.63) is 23.8 Å². The molecule has 18 heavy (non-hydrogen) atoms. The Labute approximate surface area is 109 Å². The predicted octanol–water partition coefficient (Wildman–Crippen LogP) is 1.63. The van der Waals surface area contributed by atoms with Gasteiger partial charge in [-0.2, -0.15) is 0 Å². The van der Waals surface area contributed by atoms with Crippen LogP contribution in [0.4, 0.5) is 0 Å². The van der Waals surface area contributed by atoms with Gasteiger partial charge in [0.1, 0.15) is 0 Å². The second kappa shape index (κ2) is 6.07. The second-order valence-corrected chi connectivity index (χ2v) is 4.65. The zero-order valence-corrected chi connectivity index (χ0v) is 11.2. The van der Waals surface area contributed by atoms with E-state index in [9.17, 15) is 0 Å². The molecule has 0 aromatic heterocycles. The maximum absolute atomic E-state index is 5.81. The first-order valence-electron chi connectivity index (χ1n) is 6.44. The molecule has 4 nitrogen and oxygen atoms in total. The summed E-state index contributed by atoms with van der Waals surface area (Å²) < 4.78 is 10.8. The first-order chi connectivity index (χ1) is 8.80.